The van der Waals surface area contributed by atoms with Gasteiger partial charge < -0.3 is 19.9 Å². The molecular weight excluding hydrogens is 338 g/mol. The molecule has 0 heterocycles. The van der Waals surface area contributed by atoms with Crippen LogP contribution in [0.2, 0.25) is 5.02 Å². The van der Waals surface area contributed by atoms with Gasteiger partial charge in [0, 0.05) is 5.02 Å². The first-order valence-corrected chi connectivity index (χ1v) is 7.70. The number of phenolic OH excluding ortho intramolecular Hbond substituents is 1. The quantitative estimate of drug-likeness (QED) is 0.723. The Morgan fingerprint density at radius 1 is 1.33 bits per heavy atom. The lowest BCUT2D eigenvalue weighted by atomic mass is 9.99. The molecule has 0 saturated carbocycles. The van der Waals surface area contributed by atoms with E-state index >= 15 is 0 Å². The van der Waals surface area contributed by atoms with Gasteiger partial charge in [0.25, 0.3) is 5.91 Å². The molecule has 0 radical (unpaired) electrons. The molecule has 0 aliphatic rings. The zero-order chi connectivity index (χ0) is 18.3. The number of esters is 2. The highest BCUT2D eigenvalue weighted by atomic mass is 35.5. The Morgan fingerprint density at radius 2 is 2.00 bits per heavy atom. The molecule has 0 aliphatic carbocycles. The van der Waals surface area contributed by atoms with Crippen molar-refractivity contribution in [3.8, 4) is 5.75 Å². The average Bonchev–Trinajstić information content (AvgIpc) is 2.58. The van der Waals surface area contributed by atoms with Gasteiger partial charge in [-0.25, -0.2) is 9.59 Å². The Kier molecular flexibility index (Phi) is 7.51. The van der Waals surface area contributed by atoms with Crippen LogP contribution in [0.5, 0.6) is 5.75 Å². The monoisotopic (exact) mass is 357 g/mol. The molecule has 8 heteroatoms. The van der Waals surface area contributed by atoms with E-state index in [0.717, 1.165) is 0 Å². The third-order valence-corrected chi connectivity index (χ3v) is 3.73. The normalized spacial score (nSPS) is 12.8. The predicted octanol–water partition coefficient (Wildman–Crippen LogP) is 1.91. The molecule has 7 nitrogen and oxygen atoms in total. The van der Waals surface area contributed by atoms with Gasteiger partial charge in [-0.05, 0) is 24.1 Å². The van der Waals surface area contributed by atoms with Gasteiger partial charge in [0.05, 0.1) is 7.11 Å². The molecule has 0 aliphatic heterocycles. The molecule has 1 amide bonds. The molecule has 24 heavy (non-hydrogen) atoms. The maximum Gasteiger partial charge on any atom is 0.342 e. The molecule has 0 spiro atoms. The first-order chi connectivity index (χ1) is 11.3. The summed E-state index contributed by atoms with van der Waals surface area (Å²) in [5.41, 5.74) is -0.151. The minimum Gasteiger partial charge on any atom is -0.507 e. The smallest absolute Gasteiger partial charge is 0.342 e. The first kappa shape index (κ1) is 19.8. The second kappa shape index (κ2) is 9.12. The lowest BCUT2D eigenvalue weighted by Gasteiger charge is -2.21. The Bertz CT molecular complexity index is 619. The topological polar surface area (TPSA) is 102 Å². The van der Waals surface area contributed by atoms with Crippen LogP contribution in [-0.2, 0) is 19.1 Å². The number of ether oxygens (including phenoxy) is 2. The average molecular weight is 358 g/mol. The van der Waals surface area contributed by atoms with Crippen LogP contribution in [0.25, 0.3) is 0 Å². The van der Waals surface area contributed by atoms with Gasteiger partial charge >= 0.3 is 11.9 Å². The summed E-state index contributed by atoms with van der Waals surface area (Å²) < 4.78 is 9.48. The molecule has 1 rings (SSSR count). The van der Waals surface area contributed by atoms with Crippen LogP contribution < -0.4 is 5.32 Å². The summed E-state index contributed by atoms with van der Waals surface area (Å²) in [6.45, 7) is 3.06. The van der Waals surface area contributed by atoms with Crippen molar-refractivity contribution in [1.82, 2.24) is 5.32 Å². The van der Waals surface area contributed by atoms with Crippen molar-refractivity contribution >= 4 is 29.4 Å². The van der Waals surface area contributed by atoms with Gasteiger partial charge in [-0.2, -0.15) is 0 Å². The fourth-order valence-electron chi connectivity index (χ4n) is 1.89. The number of rotatable bonds is 7. The molecule has 0 fully saturated rings. The molecular formula is C16H20ClNO6. The molecule has 1 aromatic carbocycles. The van der Waals surface area contributed by atoms with E-state index in [1.54, 1.807) is 6.92 Å². The number of halogens is 1. The van der Waals surface area contributed by atoms with Crippen LogP contribution in [-0.4, -0.2) is 42.7 Å². The Hall–Kier alpha value is -2.28. The molecule has 2 N–H and O–H groups in total. The van der Waals surface area contributed by atoms with Crippen molar-refractivity contribution < 1.29 is 29.0 Å². The predicted molar refractivity (Wildman–Crippen MR) is 86.8 cm³/mol. The van der Waals surface area contributed by atoms with Crippen molar-refractivity contribution in [1.29, 1.82) is 0 Å². The highest BCUT2D eigenvalue weighted by Crippen LogP contribution is 2.22. The van der Waals surface area contributed by atoms with Crippen LogP contribution in [0.4, 0.5) is 0 Å². The minimum atomic E-state index is -0.900. The molecule has 1 aromatic rings. The number of carbonyl (C=O) groups is 3. The lowest BCUT2D eigenvalue weighted by molar-refractivity contribution is -0.147. The van der Waals surface area contributed by atoms with E-state index in [-0.39, 0.29) is 22.3 Å². The van der Waals surface area contributed by atoms with Crippen molar-refractivity contribution in [3.05, 3.63) is 28.8 Å². The van der Waals surface area contributed by atoms with Crippen LogP contribution in [0, 0.1) is 5.92 Å². The van der Waals surface area contributed by atoms with E-state index in [0.29, 0.717) is 6.42 Å². The number of aromatic hydroxyl groups is 1. The standard InChI is InChI=1S/C16H20ClNO6/c1-4-9(2)14(16(22)23-3)18-13(20)8-24-15(21)11-7-10(17)5-6-12(11)19/h5-7,9,14,19H,4,8H2,1-3H3,(H,18,20)/t9-,14+/m0/s1. The summed E-state index contributed by atoms with van der Waals surface area (Å²) in [7, 11) is 1.23. The summed E-state index contributed by atoms with van der Waals surface area (Å²) in [5.74, 6) is -2.58. The maximum atomic E-state index is 11.9. The number of carbonyl (C=O) groups excluding carboxylic acids is 3. The SMILES string of the molecule is CC[C@H](C)[C@@H](NC(=O)COC(=O)c1cc(Cl)ccc1O)C(=O)OC. The van der Waals surface area contributed by atoms with Crippen molar-refractivity contribution in [3.63, 3.8) is 0 Å². The number of nitrogens with one attached hydrogen (secondary N) is 1. The van der Waals surface area contributed by atoms with Crippen LogP contribution in [0.15, 0.2) is 18.2 Å². The third-order valence-electron chi connectivity index (χ3n) is 3.50. The molecule has 0 unspecified atom stereocenters. The van der Waals surface area contributed by atoms with Gasteiger partial charge in [0.2, 0.25) is 0 Å². The molecule has 2 atom stereocenters. The van der Waals surface area contributed by atoms with Gasteiger partial charge in [0.15, 0.2) is 6.61 Å². The summed E-state index contributed by atoms with van der Waals surface area (Å²) in [5, 5.41) is 12.3. The Morgan fingerprint density at radius 3 is 2.58 bits per heavy atom. The van der Waals surface area contributed by atoms with E-state index in [2.05, 4.69) is 10.1 Å². The van der Waals surface area contributed by atoms with Gasteiger partial charge in [-0.3, -0.25) is 4.79 Å². The van der Waals surface area contributed by atoms with E-state index in [4.69, 9.17) is 16.3 Å². The second-order valence-corrected chi connectivity index (χ2v) is 5.63. The van der Waals surface area contributed by atoms with Crippen LogP contribution in [0.1, 0.15) is 30.6 Å². The zero-order valence-electron chi connectivity index (χ0n) is 13.7. The first-order valence-electron chi connectivity index (χ1n) is 7.33. The molecule has 0 bridgehead atoms. The lowest BCUT2D eigenvalue weighted by Crippen LogP contribution is -2.47. The minimum absolute atomic E-state index is 0.144. The fraction of sp³-hybridized carbons (Fsp3) is 0.438. The van der Waals surface area contributed by atoms with Crippen molar-refractivity contribution in [2.75, 3.05) is 13.7 Å². The van der Waals surface area contributed by atoms with Gasteiger partial charge in [-0.15, -0.1) is 0 Å². The summed E-state index contributed by atoms with van der Waals surface area (Å²) in [6.07, 6.45) is 0.649. The maximum absolute atomic E-state index is 11.9. The van der Waals surface area contributed by atoms with Crippen LogP contribution in [0.3, 0.4) is 0 Å². The number of methoxy groups -OCH3 is 1. The molecule has 0 saturated heterocycles. The zero-order valence-corrected chi connectivity index (χ0v) is 14.4. The Labute approximate surface area is 144 Å². The van der Waals surface area contributed by atoms with E-state index in [1.807, 2.05) is 6.92 Å². The fourth-order valence-corrected chi connectivity index (χ4v) is 2.06. The largest absolute Gasteiger partial charge is 0.507 e. The van der Waals surface area contributed by atoms with Crippen molar-refractivity contribution in [2.24, 2.45) is 5.92 Å². The molecule has 132 valence electrons. The number of hydrogen-bond donors (Lipinski definition) is 2. The molecule has 0 aromatic heterocycles. The van der Waals surface area contributed by atoms with Gasteiger partial charge in [0.1, 0.15) is 17.4 Å². The number of hydrogen-bond acceptors (Lipinski definition) is 6. The van der Waals surface area contributed by atoms with E-state index in [9.17, 15) is 19.5 Å². The van der Waals surface area contributed by atoms with Crippen molar-refractivity contribution in [2.45, 2.75) is 26.3 Å². The number of amides is 1. The Balaban J connectivity index is 2.66. The van der Waals surface area contributed by atoms with E-state index < -0.39 is 30.5 Å². The summed E-state index contributed by atoms with van der Waals surface area (Å²) in [4.78, 5) is 35.5. The third kappa shape index (κ3) is 5.42. The summed E-state index contributed by atoms with van der Waals surface area (Å²) >= 11 is 5.74. The highest BCUT2D eigenvalue weighted by molar-refractivity contribution is 6.31. The second-order valence-electron chi connectivity index (χ2n) is 5.19. The van der Waals surface area contributed by atoms with E-state index in [1.165, 1.54) is 25.3 Å². The number of phenols is 1. The summed E-state index contributed by atoms with van der Waals surface area (Å²) in [6, 6.07) is 3.06. The number of benzene rings is 1. The van der Waals surface area contributed by atoms with Gasteiger partial charge in [-0.1, -0.05) is 31.9 Å². The van der Waals surface area contributed by atoms with Crippen LogP contribution >= 0.6 is 11.6 Å². The highest BCUT2D eigenvalue weighted by Gasteiger charge is 2.27.